The number of halogens is 1. The van der Waals surface area contributed by atoms with Crippen LogP contribution in [0.25, 0.3) is 22.3 Å². The number of nitrogen functional groups attached to an aromatic ring is 1. The average molecular weight is 390 g/mol. The summed E-state index contributed by atoms with van der Waals surface area (Å²) in [7, 11) is 0. The van der Waals surface area contributed by atoms with Crippen molar-refractivity contribution in [2.75, 3.05) is 18.8 Å². The summed E-state index contributed by atoms with van der Waals surface area (Å²) in [4.78, 5) is 8.60. The molecule has 5 rings (SSSR count). The molecule has 7 nitrogen and oxygen atoms in total. The molecule has 0 spiro atoms. The third kappa shape index (κ3) is 3.27. The Bertz CT molecular complexity index is 1150. The molecule has 2 aromatic carbocycles. The summed E-state index contributed by atoms with van der Waals surface area (Å²) in [5.41, 5.74) is 8.56. The maximum absolute atomic E-state index is 13.1. The molecule has 1 aliphatic rings. The van der Waals surface area contributed by atoms with Gasteiger partial charge in [-0.2, -0.15) is 5.10 Å². The van der Waals surface area contributed by atoms with E-state index < -0.39 is 0 Å². The second kappa shape index (κ2) is 7.14. The van der Waals surface area contributed by atoms with Crippen molar-refractivity contribution in [2.24, 2.45) is 0 Å². The lowest BCUT2D eigenvalue weighted by molar-refractivity contribution is 0.480. The van der Waals surface area contributed by atoms with E-state index in [1.54, 1.807) is 12.1 Å². The fraction of sp³-hybridized carbons (Fsp3) is 0.190. The molecule has 0 aliphatic carbocycles. The van der Waals surface area contributed by atoms with Gasteiger partial charge < -0.3 is 15.8 Å². The Kier molecular flexibility index (Phi) is 4.33. The van der Waals surface area contributed by atoms with Gasteiger partial charge in [0.15, 0.2) is 5.65 Å². The fourth-order valence-electron chi connectivity index (χ4n) is 3.62. The zero-order chi connectivity index (χ0) is 19.8. The fourth-order valence-corrected chi connectivity index (χ4v) is 3.62. The molecule has 29 heavy (non-hydrogen) atoms. The number of nitrogens with one attached hydrogen (secondary N) is 1. The number of nitrogens with zero attached hydrogens (tertiary/aromatic N) is 4. The van der Waals surface area contributed by atoms with Crippen LogP contribution in [-0.2, 0) is 0 Å². The number of hydrogen-bond acceptors (Lipinski definition) is 6. The summed E-state index contributed by atoms with van der Waals surface area (Å²) in [6.07, 6.45) is 2.46. The topological polar surface area (TPSA) is 90.9 Å². The first-order valence-electron chi connectivity index (χ1n) is 9.42. The molecule has 0 unspecified atom stereocenters. The quantitative estimate of drug-likeness (QED) is 0.554. The van der Waals surface area contributed by atoms with Crippen LogP contribution in [0.3, 0.4) is 0 Å². The minimum absolute atomic E-state index is 0.238. The van der Waals surface area contributed by atoms with Crippen molar-refractivity contribution in [3.63, 3.8) is 0 Å². The van der Waals surface area contributed by atoms with E-state index in [1.807, 2.05) is 28.9 Å². The minimum Gasteiger partial charge on any atom is -0.457 e. The summed E-state index contributed by atoms with van der Waals surface area (Å²) >= 11 is 0. The molecule has 3 heterocycles. The lowest BCUT2D eigenvalue weighted by Gasteiger charge is -2.09. The molecular weight excluding hydrogens is 371 g/mol. The van der Waals surface area contributed by atoms with E-state index in [0.717, 1.165) is 41.8 Å². The van der Waals surface area contributed by atoms with Gasteiger partial charge in [-0.25, -0.2) is 19.0 Å². The zero-order valence-corrected chi connectivity index (χ0v) is 15.5. The zero-order valence-electron chi connectivity index (χ0n) is 15.5. The molecule has 146 valence electrons. The number of aromatic nitrogens is 4. The first kappa shape index (κ1) is 17.6. The third-order valence-corrected chi connectivity index (χ3v) is 5.08. The minimum atomic E-state index is -0.299. The number of nitrogens with two attached hydrogens (primary N) is 1. The highest BCUT2D eigenvalue weighted by Crippen LogP contribution is 2.34. The Morgan fingerprint density at radius 1 is 1.03 bits per heavy atom. The van der Waals surface area contributed by atoms with Crippen LogP contribution >= 0.6 is 0 Å². The van der Waals surface area contributed by atoms with E-state index in [2.05, 4.69) is 15.3 Å². The molecule has 2 aromatic heterocycles. The van der Waals surface area contributed by atoms with Crippen LogP contribution in [0, 0.1) is 5.82 Å². The number of rotatable bonds is 4. The summed E-state index contributed by atoms with van der Waals surface area (Å²) in [6.45, 7) is 1.81. The van der Waals surface area contributed by atoms with Crippen molar-refractivity contribution < 1.29 is 9.13 Å². The first-order valence-corrected chi connectivity index (χ1v) is 9.42. The summed E-state index contributed by atoms with van der Waals surface area (Å²) in [5.74, 6) is 1.33. The van der Waals surface area contributed by atoms with Crippen LogP contribution < -0.4 is 15.8 Å². The SMILES string of the molecule is Nc1ncnc2c1c(-c1ccc(Oc3ccc(F)cc3)cc1)nn2[C@@H]1CCNC1. The van der Waals surface area contributed by atoms with Crippen LogP contribution in [0.1, 0.15) is 12.5 Å². The van der Waals surface area contributed by atoms with Gasteiger partial charge in [-0.1, -0.05) is 0 Å². The molecule has 0 saturated carbocycles. The molecule has 1 atom stereocenters. The predicted octanol–water partition coefficient (Wildman–Crippen LogP) is 3.54. The molecule has 1 aliphatic heterocycles. The Labute approximate surface area is 166 Å². The van der Waals surface area contributed by atoms with E-state index in [0.29, 0.717) is 17.3 Å². The van der Waals surface area contributed by atoms with Crippen LogP contribution in [0.15, 0.2) is 54.9 Å². The average Bonchev–Trinajstić information content (AvgIpc) is 3.39. The molecule has 3 N–H and O–H groups in total. The number of fused-ring (bicyclic) bond motifs is 1. The molecule has 1 fully saturated rings. The molecule has 0 bridgehead atoms. The Hall–Kier alpha value is -3.52. The molecular formula is C21H19FN6O. The number of anilines is 1. The molecule has 0 radical (unpaired) electrons. The van der Waals surface area contributed by atoms with Gasteiger partial charge in [0.05, 0.1) is 11.4 Å². The number of hydrogen-bond donors (Lipinski definition) is 2. The van der Waals surface area contributed by atoms with Gasteiger partial charge in [0.2, 0.25) is 0 Å². The third-order valence-electron chi connectivity index (χ3n) is 5.08. The summed E-state index contributed by atoms with van der Waals surface area (Å²) in [5, 5.41) is 8.95. The predicted molar refractivity (Wildman–Crippen MR) is 108 cm³/mol. The Morgan fingerprint density at radius 3 is 2.45 bits per heavy atom. The van der Waals surface area contributed by atoms with E-state index in [9.17, 15) is 4.39 Å². The maximum Gasteiger partial charge on any atom is 0.164 e. The summed E-state index contributed by atoms with van der Waals surface area (Å²) < 4.78 is 20.8. The standard InChI is InChI=1S/C21H19FN6O/c22-14-3-7-17(8-4-14)29-16-5-1-13(2-6-16)19-18-20(23)25-12-26-21(18)28(27-19)15-9-10-24-11-15/h1-8,12,15,24H,9-11H2,(H2,23,25,26)/t15-/m1/s1. The van der Waals surface area contributed by atoms with E-state index >= 15 is 0 Å². The first-order chi connectivity index (χ1) is 14.2. The van der Waals surface area contributed by atoms with Crippen molar-refractivity contribution in [1.82, 2.24) is 25.1 Å². The van der Waals surface area contributed by atoms with Crippen molar-refractivity contribution in [1.29, 1.82) is 0 Å². The molecule has 4 aromatic rings. The van der Waals surface area contributed by atoms with Gasteiger partial charge in [0.1, 0.15) is 35.2 Å². The maximum atomic E-state index is 13.1. The van der Waals surface area contributed by atoms with E-state index in [-0.39, 0.29) is 11.9 Å². The Balaban J connectivity index is 1.51. The monoisotopic (exact) mass is 390 g/mol. The van der Waals surface area contributed by atoms with Gasteiger partial charge in [-0.05, 0) is 61.5 Å². The normalized spacial score (nSPS) is 16.4. The van der Waals surface area contributed by atoms with Crippen molar-refractivity contribution in [3.05, 3.63) is 60.7 Å². The molecule has 8 heteroatoms. The van der Waals surface area contributed by atoms with Crippen molar-refractivity contribution in [2.45, 2.75) is 12.5 Å². The van der Waals surface area contributed by atoms with E-state index in [1.165, 1.54) is 18.5 Å². The highest BCUT2D eigenvalue weighted by Gasteiger charge is 2.24. The molecule has 1 saturated heterocycles. The smallest absolute Gasteiger partial charge is 0.164 e. The number of ether oxygens (including phenoxy) is 1. The lowest BCUT2D eigenvalue weighted by Crippen LogP contribution is -2.15. The largest absolute Gasteiger partial charge is 0.457 e. The van der Waals surface area contributed by atoms with Gasteiger partial charge in [0, 0.05) is 12.1 Å². The lowest BCUT2D eigenvalue weighted by atomic mass is 10.1. The van der Waals surface area contributed by atoms with Gasteiger partial charge in [-0.15, -0.1) is 0 Å². The highest BCUT2D eigenvalue weighted by atomic mass is 19.1. The second-order valence-corrected chi connectivity index (χ2v) is 6.98. The van der Waals surface area contributed by atoms with Crippen LogP contribution in [-0.4, -0.2) is 32.8 Å². The van der Waals surface area contributed by atoms with Crippen LogP contribution in [0.4, 0.5) is 10.2 Å². The second-order valence-electron chi connectivity index (χ2n) is 6.98. The van der Waals surface area contributed by atoms with Crippen molar-refractivity contribution >= 4 is 16.9 Å². The van der Waals surface area contributed by atoms with Gasteiger partial charge in [-0.3, -0.25) is 0 Å². The molecule has 0 amide bonds. The number of benzene rings is 2. The highest BCUT2D eigenvalue weighted by molar-refractivity contribution is 5.98. The Morgan fingerprint density at radius 2 is 1.76 bits per heavy atom. The van der Waals surface area contributed by atoms with Gasteiger partial charge >= 0.3 is 0 Å². The summed E-state index contributed by atoms with van der Waals surface area (Å²) in [6, 6.07) is 13.7. The van der Waals surface area contributed by atoms with Crippen LogP contribution in [0.2, 0.25) is 0 Å². The van der Waals surface area contributed by atoms with Crippen LogP contribution in [0.5, 0.6) is 11.5 Å². The van der Waals surface area contributed by atoms with E-state index in [4.69, 9.17) is 15.6 Å². The van der Waals surface area contributed by atoms with Crippen molar-refractivity contribution in [3.8, 4) is 22.8 Å². The van der Waals surface area contributed by atoms with Gasteiger partial charge in [0.25, 0.3) is 0 Å².